The molecule has 0 bridgehead atoms. The highest BCUT2D eigenvalue weighted by Gasteiger charge is 2.45. The molecule has 3 heterocycles. The van der Waals surface area contributed by atoms with Crippen molar-refractivity contribution < 1.29 is 28.9 Å². The molecule has 0 spiro atoms. The maximum atomic E-state index is 14.7. The van der Waals surface area contributed by atoms with Crippen molar-refractivity contribution in [2.75, 3.05) is 6.54 Å². The third-order valence-electron chi connectivity index (χ3n) is 6.71. The molecule has 1 aromatic carbocycles. The third kappa shape index (κ3) is 4.83. The molecular weight excluding hydrogens is 526 g/mol. The van der Waals surface area contributed by atoms with Crippen LogP contribution in [0.4, 0.5) is 9.18 Å². The monoisotopic (exact) mass is 552 g/mol. The highest BCUT2D eigenvalue weighted by Crippen LogP contribution is 2.40. The number of hydrogen-bond donors (Lipinski definition) is 2. The van der Waals surface area contributed by atoms with Crippen LogP contribution in [0.15, 0.2) is 24.7 Å². The van der Waals surface area contributed by atoms with Crippen LogP contribution in [0.5, 0.6) is 5.75 Å². The fourth-order valence-electron chi connectivity index (χ4n) is 4.98. The van der Waals surface area contributed by atoms with Crippen molar-refractivity contribution >= 4 is 40.3 Å². The van der Waals surface area contributed by atoms with Gasteiger partial charge in [-0.25, -0.2) is 19.2 Å². The Kier molecular flexibility index (Phi) is 6.72. The number of carbonyl (C=O) groups is 1. The minimum absolute atomic E-state index is 0.0966. The molecule has 4 atom stereocenters. The van der Waals surface area contributed by atoms with Crippen LogP contribution in [0.2, 0.25) is 10.2 Å². The van der Waals surface area contributed by atoms with Gasteiger partial charge in [0.05, 0.1) is 23.0 Å². The number of ether oxygens (including phenoxy) is 2. The first-order valence-electron chi connectivity index (χ1n) is 11.9. The minimum Gasteiger partial charge on any atom is -0.487 e. The molecule has 3 aromatic rings. The SMILES string of the molecule is CC(C)(C)OC(=O)N1CCc2c(F)ccc(O[C@H]3C[C@@H](n4cc(Cl)c5c(Cl)ncnc54)[C@H](O)[C@@H]3O)c2C1. The van der Waals surface area contributed by atoms with Crippen LogP contribution in [0.1, 0.15) is 44.4 Å². The second-order valence-corrected chi connectivity index (χ2v) is 11.1. The molecule has 2 aromatic heterocycles. The number of nitrogens with zero attached hydrogens (tertiary/aromatic N) is 4. The average Bonchev–Trinajstić information content (AvgIpc) is 3.31. The van der Waals surface area contributed by atoms with Gasteiger partial charge in [0.15, 0.2) is 0 Å². The second-order valence-electron chi connectivity index (χ2n) is 10.3. The van der Waals surface area contributed by atoms with Gasteiger partial charge in [-0.3, -0.25) is 0 Å². The van der Waals surface area contributed by atoms with Crippen molar-refractivity contribution in [1.29, 1.82) is 0 Å². The van der Waals surface area contributed by atoms with Crippen molar-refractivity contribution in [2.45, 2.75) is 70.1 Å². The first-order chi connectivity index (χ1) is 17.4. The lowest BCUT2D eigenvalue weighted by Gasteiger charge is -2.32. The summed E-state index contributed by atoms with van der Waals surface area (Å²) in [5.41, 5.74) is 0.722. The van der Waals surface area contributed by atoms with E-state index in [0.717, 1.165) is 0 Å². The van der Waals surface area contributed by atoms with Crippen LogP contribution in [-0.4, -0.2) is 66.2 Å². The molecule has 1 saturated carbocycles. The van der Waals surface area contributed by atoms with Gasteiger partial charge in [-0.15, -0.1) is 0 Å². The van der Waals surface area contributed by atoms with Crippen LogP contribution in [0, 0.1) is 5.82 Å². The number of fused-ring (bicyclic) bond motifs is 2. The molecule has 198 valence electrons. The molecule has 9 nitrogen and oxygen atoms in total. The zero-order valence-corrected chi connectivity index (χ0v) is 22.0. The molecule has 12 heteroatoms. The normalized spacial score (nSPS) is 23.8. The number of halogens is 3. The second kappa shape index (κ2) is 9.58. The van der Waals surface area contributed by atoms with Gasteiger partial charge in [-0.1, -0.05) is 23.2 Å². The molecule has 5 rings (SSSR count). The van der Waals surface area contributed by atoms with Crippen molar-refractivity contribution in [2.24, 2.45) is 0 Å². The van der Waals surface area contributed by atoms with Crippen molar-refractivity contribution in [1.82, 2.24) is 19.4 Å². The van der Waals surface area contributed by atoms with E-state index in [4.69, 9.17) is 32.7 Å². The fraction of sp³-hybridized carbons (Fsp3) is 0.480. The van der Waals surface area contributed by atoms with E-state index < -0.39 is 36.0 Å². The number of aliphatic hydroxyl groups excluding tert-OH is 2. The molecule has 37 heavy (non-hydrogen) atoms. The zero-order chi connectivity index (χ0) is 26.6. The van der Waals surface area contributed by atoms with Crippen LogP contribution < -0.4 is 4.74 Å². The molecule has 1 aliphatic heterocycles. The summed E-state index contributed by atoms with van der Waals surface area (Å²) in [7, 11) is 0. The average molecular weight is 553 g/mol. The number of aliphatic hydroxyl groups is 2. The Hall–Kier alpha value is -2.66. The van der Waals surface area contributed by atoms with Crippen molar-refractivity contribution in [3.8, 4) is 5.75 Å². The number of carbonyl (C=O) groups excluding carboxylic acids is 1. The quantitative estimate of drug-likeness (QED) is 0.466. The number of amides is 1. The molecule has 0 saturated heterocycles. The fourth-order valence-corrected chi connectivity index (χ4v) is 5.53. The zero-order valence-electron chi connectivity index (χ0n) is 20.5. The number of hydrogen-bond acceptors (Lipinski definition) is 7. The van der Waals surface area contributed by atoms with Gasteiger partial charge in [0.25, 0.3) is 0 Å². The molecule has 2 aliphatic rings. The van der Waals surface area contributed by atoms with Gasteiger partial charge in [0.2, 0.25) is 0 Å². The van der Waals surface area contributed by atoms with E-state index in [1.54, 1.807) is 31.5 Å². The van der Waals surface area contributed by atoms with Gasteiger partial charge in [-0.05, 0) is 44.9 Å². The molecule has 0 unspecified atom stereocenters. The van der Waals surface area contributed by atoms with Crippen LogP contribution in [-0.2, 0) is 17.7 Å². The van der Waals surface area contributed by atoms with E-state index in [2.05, 4.69) is 9.97 Å². The molecule has 1 amide bonds. The van der Waals surface area contributed by atoms with Crippen molar-refractivity contribution in [3.05, 3.63) is 51.8 Å². The Labute approximate surface area is 222 Å². The van der Waals surface area contributed by atoms with Gasteiger partial charge in [0.1, 0.15) is 52.6 Å². The maximum Gasteiger partial charge on any atom is 0.410 e. The van der Waals surface area contributed by atoms with Crippen LogP contribution in [0.25, 0.3) is 11.0 Å². The van der Waals surface area contributed by atoms with Gasteiger partial charge < -0.3 is 29.2 Å². The minimum atomic E-state index is -1.25. The Bertz CT molecular complexity index is 1360. The molecule has 1 fully saturated rings. The lowest BCUT2D eigenvalue weighted by Crippen LogP contribution is -2.40. The number of rotatable bonds is 3. The Morgan fingerprint density at radius 2 is 1.92 bits per heavy atom. The Balaban J connectivity index is 1.41. The summed E-state index contributed by atoms with van der Waals surface area (Å²) < 4.78 is 28.0. The van der Waals surface area contributed by atoms with Crippen LogP contribution >= 0.6 is 23.2 Å². The topological polar surface area (TPSA) is 110 Å². The lowest BCUT2D eigenvalue weighted by atomic mass is 9.98. The summed E-state index contributed by atoms with van der Waals surface area (Å²) in [6, 6.07) is 2.18. The summed E-state index contributed by atoms with van der Waals surface area (Å²) in [6.45, 7) is 5.74. The van der Waals surface area contributed by atoms with Gasteiger partial charge in [-0.2, -0.15) is 0 Å². The third-order valence-corrected chi connectivity index (χ3v) is 7.29. The predicted octanol–water partition coefficient (Wildman–Crippen LogP) is 4.28. The summed E-state index contributed by atoms with van der Waals surface area (Å²) >= 11 is 12.5. The highest BCUT2D eigenvalue weighted by atomic mass is 35.5. The predicted molar refractivity (Wildman–Crippen MR) is 134 cm³/mol. The Morgan fingerprint density at radius 1 is 1.16 bits per heavy atom. The van der Waals surface area contributed by atoms with E-state index >= 15 is 0 Å². The first-order valence-corrected chi connectivity index (χ1v) is 12.7. The summed E-state index contributed by atoms with van der Waals surface area (Å²) in [4.78, 5) is 22.4. The smallest absolute Gasteiger partial charge is 0.410 e. The van der Waals surface area contributed by atoms with E-state index in [1.807, 2.05) is 0 Å². The van der Waals surface area contributed by atoms with E-state index in [-0.39, 0.29) is 23.9 Å². The molecular formula is C25H27Cl2FN4O5. The van der Waals surface area contributed by atoms with E-state index in [1.165, 1.54) is 23.4 Å². The van der Waals surface area contributed by atoms with E-state index in [9.17, 15) is 19.4 Å². The summed E-state index contributed by atoms with van der Waals surface area (Å²) in [5, 5.41) is 22.7. The lowest BCUT2D eigenvalue weighted by molar-refractivity contribution is -0.0169. The van der Waals surface area contributed by atoms with Crippen LogP contribution in [0.3, 0.4) is 0 Å². The van der Waals surface area contributed by atoms with Gasteiger partial charge >= 0.3 is 6.09 Å². The molecule has 2 N–H and O–H groups in total. The highest BCUT2D eigenvalue weighted by molar-refractivity contribution is 6.41. The van der Waals surface area contributed by atoms with Gasteiger partial charge in [0, 0.05) is 24.7 Å². The van der Waals surface area contributed by atoms with Crippen molar-refractivity contribution in [3.63, 3.8) is 0 Å². The summed E-state index contributed by atoms with van der Waals surface area (Å²) in [6.07, 6.45) is -0.360. The summed E-state index contributed by atoms with van der Waals surface area (Å²) in [5.74, 6) is -0.0524. The Morgan fingerprint density at radius 3 is 2.65 bits per heavy atom. The number of benzene rings is 1. The first kappa shape index (κ1) is 26.0. The largest absolute Gasteiger partial charge is 0.487 e. The number of aromatic nitrogens is 3. The molecule has 0 radical (unpaired) electrons. The maximum absolute atomic E-state index is 14.7. The molecule has 1 aliphatic carbocycles. The standard InChI is InChI=1S/C25H27Cl2FN4O5/c1-25(2,3)37-24(35)31-7-6-12-13(9-31)17(5-4-15(12)28)36-18-8-16(20(33)21(18)34)32-10-14(26)19-22(27)29-11-30-23(19)32/h4-5,10-11,16,18,20-21,33-34H,6-9H2,1-3H3/t16-,18+,20+,21-/m1/s1. The van der Waals surface area contributed by atoms with E-state index in [0.29, 0.717) is 45.9 Å².